The Balaban J connectivity index is 1.29. The minimum absolute atomic E-state index is 0.0128. The molecule has 2 atom stereocenters. The Labute approximate surface area is 154 Å². The molecule has 2 aromatic rings. The number of piperidine rings is 1. The van der Waals surface area contributed by atoms with E-state index < -0.39 is 0 Å². The molecule has 0 radical (unpaired) electrons. The Hall–Kier alpha value is -2.08. The average Bonchev–Trinajstić information content (AvgIpc) is 3.21. The summed E-state index contributed by atoms with van der Waals surface area (Å²) in [4.78, 5) is 18.8. The zero-order valence-electron chi connectivity index (χ0n) is 15.6. The molecule has 1 aliphatic heterocycles. The van der Waals surface area contributed by atoms with Gasteiger partial charge in [0.15, 0.2) is 5.82 Å². The fourth-order valence-corrected chi connectivity index (χ4v) is 3.85. The van der Waals surface area contributed by atoms with Crippen LogP contribution in [0.3, 0.4) is 0 Å². The van der Waals surface area contributed by atoms with E-state index >= 15 is 0 Å². The molecule has 1 aliphatic carbocycles. The SMILES string of the molecule is CCn1ccnc(N2CCC(NCc3ccc([C@H]4C[C@@H]4C)o3)CC2)c1=O. The average molecular weight is 356 g/mol. The molecular weight excluding hydrogens is 328 g/mol. The van der Waals surface area contributed by atoms with Crippen LogP contribution in [-0.2, 0) is 13.1 Å². The Morgan fingerprint density at radius 3 is 2.77 bits per heavy atom. The summed E-state index contributed by atoms with van der Waals surface area (Å²) in [6, 6.07) is 4.69. The zero-order chi connectivity index (χ0) is 18.1. The van der Waals surface area contributed by atoms with Crippen LogP contribution in [0, 0.1) is 5.92 Å². The molecule has 3 heterocycles. The van der Waals surface area contributed by atoms with E-state index in [1.165, 1.54) is 6.42 Å². The van der Waals surface area contributed by atoms with Gasteiger partial charge < -0.3 is 19.2 Å². The summed E-state index contributed by atoms with van der Waals surface area (Å²) in [6.07, 6.45) is 6.75. The monoisotopic (exact) mass is 356 g/mol. The molecule has 140 valence electrons. The van der Waals surface area contributed by atoms with Crippen molar-refractivity contribution in [3.63, 3.8) is 0 Å². The summed E-state index contributed by atoms with van der Waals surface area (Å²) in [5.41, 5.74) is 0.0128. The van der Waals surface area contributed by atoms with E-state index in [-0.39, 0.29) is 5.56 Å². The molecule has 1 saturated heterocycles. The molecule has 0 aromatic carbocycles. The van der Waals surface area contributed by atoms with Crippen molar-refractivity contribution >= 4 is 5.82 Å². The predicted octanol–water partition coefficient (Wildman–Crippen LogP) is 2.74. The summed E-state index contributed by atoms with van der Waals surface area (Å²) >= 11 is 0. The van der Waals surface area contributed by atoms with Crippen LogP contribution in [0.15, 0.2) is 33.7 Å². The first kappa shape index (κ1) is 17.3. The van der Waals surface area contributed by atoms with E-state index in [9.17, 15) is 4.79 Å². The highest BCUT2D eigenvalue weighted by molar-refractivity contribution is 5.36. The maximum atomic E-state index is 12.4. The third kappa shape index (κ3) is 3.56. The predicted molar refractivity (Wildman–Crippen MR) is 101 cm³/mol. The lowest BCUT2D eigenvalue weighted by molar-refractivity contribution is 0.379. The number of rotatable bonds is 6. The highest BCUT2D eigenvalue weighted by Gasteiger charge is 2.36. The van der Waals surface area contributed by atoms with Crippen molar-refractivity contribution < 1.29 is 4.42 Å². The van der Waals surface area contributed by atoms with Crippen molar-refractivity contribution in [2.75, 3.05) is 18.0 Å². The van der Waals surface area contributed by atoms with Gasteiger partial charge >= 0.3 is 0 Å². The third-order valence-corrected chi connectivity index (χ3v) is 5.75. The summed E-state index contributed by atoms with van der Waals surface area (Å²) < 4.78 is 7.68. The summed E-state index contributed by atoms with van der Waals surface area (Å²) in [7, 11) is 0. The first-order valence-electron chi connectivity index (χ1n) is 9.78. The van der Waals surface area contributed by atoms with E-state index in [2.05, 4.69) is 34.3 Å². The largest absolute Gasteiger partial charge is 0.464 e. The van der Waals surface area contributed by atoms with Crippen molar-refractivity contribution in [2.45, 2.75) is 58.2 Å². The third-order valence-electron chi connectivity index (χ3n) is 5.75. The Morgan fingerprint density at radius 2 is 2.08 bits per heavy atom. The molecule has 0 unspecified atom stereocenters. The van der Waals surface area contributed by atoms with Crippen LogP contribution >= 0.6 is 0 Å². The van der Waals surface area contributed by atoms with Gasteiger partial charge in [0.1, 0.15) is 11.5 Å². The van der Waals surface area contributed by atoms with Gasteiger partial charge in [-0.3, -0.25) is 4.79 Å². The number of aromatic nitrogens is 2. The lowest BCUT2D eigenvalue weighted by atomic mass is 10.1. The van der Waals surface area contributed by atoms with E-state index in [4.69, 9.17) is 4.42 Å². The fourth-order valence-electron chi connectivity index (χ4n) is 3.85. The second kappa shape index (κ2) is 7.27. The first-order chi connectivity index (χ1) is 12.7. The number of nitrogens with one attached hydrogen (secondary N) is 1. The Bertz CT molecular complexity index is 804. The lowest BCUT2D eigenvalue weighted by Crippen LogP contribution is -2.44. The van der Waals surface area contributed by atoms with Crippen LogP contribution in [0.25, 0.3) is 0 Å². The number of hydrogen-bond acceptors (Lipinski definition) is 5. The molecule has 1 N–H and O–H groups in total. The molecule has 26 heavy (non-hydrogen) atoms. The van der Waals surface area contributed by atoms with E-state index in [1.54, 1.807) is 17.0 Å². The number of nitrogens with zero attached hydrogens (tertiary/aromatic N) is 3. The van der Waals surface area contributed by atoms with Crippen LogP contribution in [-0.4, -0.2) is 28.7 Å². The summed E-state index contributed by atoms with van der Waals surface area (Å²) in [6.45, 7) is 7.42. The van der Waals surface area contributed by atoms with Crippen molar-refractivity contribution in [3.05, 3.63) is 46.4 Å². The topological polar surface area (TPSA) is 63.3 Å². The minimum atomic E-state index is 0.0128. The molecule has 2 fully saturated rings. The van der Waals surface area contributed by atoms with Gasteiger partial charge in [-0.25, -0.2) is 4.98 Å². The summed E-state index contributed by atoms with van der Waals surface area (Å²) in [5, 5.41) is 3.61. The number of aryl methyl sites for hydroxylation is 1. The Morgan fingerprint density at radius 1 is 1.31 bits per heavy atom. The zero-order valence-corrected chi connectivity index (χ0v) is 15.6. The van der Waals surface area contributed by atoms with Gasteiger partial charge in [-0.15, -0.1) is 0 Å². The molecule has 2 aliphatic rings. The fraction of sp³-hybridized carbons (Fsp3) is 0.600. The van der Waals surface area contributed by atoms with Crippen molar-refractivity contribution in [2.24, 2.45) is 5.92 Å². The standard InChI is InChI=1S/C20H28N4O2/c1-3-23-11-8-21-19(20(23)25)24-9-6-15(7-10-24)22-13-16-4-5-18(26-16)17-12-14(17)2/h4-5,8,11,14-15,17,22H,3,6-7,9-10,12-13H2,1-2H3/t14-,17-/m0/s1. The van der Waals surface area contributed by atoms with Crippen LogP contribution in [0.2, 0.25) is 0 Å². The van der Waals surface area contributed by atoms with Crippen LogP contribution in [0.5, 0.6) is 0 Å². The molecule has 1 saturated carbocycles. The minimum Gasteiger partial charge on any atom is -0.464 e. The quantitative estimate of drug-likeness (QED) is 0.862. The van der Waals surface area contributed by atoms with E-state index in [0.29, 0.717) is 24.3 Å². The Kier molecular flexibility index (Phi) is 4.85. The number of hydrogen-bond donors (Lipinski definition) is 1. The lowest BCUT2D eigenvalue weighted by Gasteiger charge is -2.32. The van der Waals surface area contributed by atoms with Gasteiger partial charge in [0.25, 0.3) is 5.56 Å². The van der Waals surface area contributed by atoms with Gasteiger partial charge in [0.2, 0.25) is 0 Å². The maximum absolute atomic E-state index is 12.4. The van der Waals surface area contributed by atoms with Crippen molar-refractivity contribution in [1.29, 1.82) is 0 Å². The number of furan rings is 1. The molecule has 2 aromatic heterocycles. The highest BCUT2D eigenvalue weighted by Crippen LogP contribution is 2.47. The molecule has 4 rings (SSSR count). The second-order valence-electron chi connectivity index (χ2n) is 7.61. The normalized spacial score (nSPS) is 23.4. The van der Waals surface area contributed by atoms with Crippen LogP contribution < -0.4 is 15.8 Å². The molecule has 6 heteroatoms. The molecule has 0 spiro atoms. The van der Waals surface area contributed by atoms with Gasteiger partial charge in [0.05, 0.1) is 6.54 Å². The maximum Gasteiger partial charge on any atom is 0.293 e. The molecular formula is C20H28N4O2. The molecule has 0 bridgehead atoms. The van der Waals surface area contributed by atoms with Gasteiger partial charge in [-0.1, -0.05) is 6.92 Å². The van der Waals surface area contributed by atoms with Crippen molar-refractivity contribution in [3.8, 4) is 0 Å². The van der Waals surface area contributed by atoms with Gasteiger partial charge in [0, 0.05) is 44.0 Å². The molecule has 6 nitrogen and oxygen atoms in total. The van der Waals surface area contributed by atoms with Gasteiger partial charge in [-0.05, 0) is 44.2 Å². The number of anilines is 1. The molecule has 0 amide bonds. The second-order valence-corrected chi connectivity index (χ2v) is 7.61. The van der Waals surface area contributed by atoms with Gasteiger partial charge in [-0.2, -0.15) is 0 Å². The van der Waals surface area contributed by atoms with Crippen LogP contribution in [0.1, 0.15) is 50.5 Å². The van der Waals surface area contributed by atoms with Crippen LogP contribution in [0.4, 0.5) is 5.82 Å². The van der Waals surface area contributed by atoms with E-state index in [1.807, 2.05) is 6.92 Å². The first-order valence-corrected chi connectivity index (χ1v) is 9.78. The smallest absolute Gasteiger partial charge is 0.293 e. The van der Waals surface area contributed by atoms with E-state index in [0.717, 1.165) is 49.9 Å². The van der Waals surface area contributed by atoms with Crippen molar-refractivity contribution in [1.82, 2.24) is 14.9 Å². The summed E-state index contributed by atoms with van der Waals surface area (Å²) in [5.74, 6) is 4.17. The highest BCUT2D eigenvalue weighted by atomic mass is 16.3.